The fourth-order valence-corrected chi connectivity index (χ4v) is 2.98. The fraction of sp³-hybridized carbons (Fsp3) is 1.00. The monoisotopic (exact) mass is 385 g/mol. The van der Waals surface area contributed by atoms with E-state index in [4.69, 9.17) is 0 Å². The van der Waals surface area contributed by atoms with Gasteiger partial charge in [0.2, 0.25) is 0 Å². The van der Waals surface area contributed by atoms with Gasteiger partial charge in [0.05, 0.1) is 0 Å². The molecule has 0 radical (unpaired) electrons. The third-order valence-corrected chi connectivity index (χ3v) is 4.79. The summed E-state index contributed by atoms with van der Waals surface area (Å²) < 4.78 is 0. The standard InChI is InChI=1S/C22H51N5/c1-3-5-14-24-16-8-9-18-26-20-12-13-22-27-21-11-10-19-25-17-7-6-15-23-4-2/h23-27H,3-22H2,1-2H3. The van der Waals surface area contributed by atoms with Crippen LogP contribution in [-0.4, -0.2) is 65.4 Å². The van der Waals surface area contributed by atoms with E-state index in [1.165, 1.54) is 117 Å². The van der Waals surface area contributed by atoms with Crippen LogP contribution < -0.4 is 26.6 Å². The molecule has 0 heterocycles. The first-order valence-corrected chi connectivity index (χ1v) is 11.9. The van der Waals surface area contributed by atoms with Crippen molar-refractivity contribution in [3.8, 4) is 0 Å². The molecule has 0 unspecified atom stereocenters. The second-order valence-electron chi connectivity index (χ2n) is 7.54. The molecule has 0 aliphatic carbocycles. The van der Waals surface area contributed by atoms with Crippen molar-refractivity contribution in [1.82, 2.24) is 26.6 Å². The fourth-order valence-electron chi connectivity index (χ4n) is 2.98. The van der Waals surface area contributed by atoms with Crippen LogP contribution in [0.4, 0.5) is 0 Å². The highest BCUT2D eigenvalue weighted by atomic mass is 14.9. The van der Waals surface area contributed by atoms with Crippen molar-refractivity contribution in [3.63, 3.8) is 0 Å². The Labute approximate surface area is 170 Å². The molecule has 5 heteroatoms. The van der Waals surface area contributed by atoms with E-state index in [1.54, 1.807) is 0 Å². The molecule has 0 aromatic rings. The van der Waals surface area contributed by atoms with Crippen LogP contribution >= 0.6 is 0 Å². The molecule has 0 aromatic carbocycles. The van der Waals surface area contributed by atoms with Crippen LogP contribution in [0.15, 0.2) is 0 Å². The number of hydrogen-bond acceptors (Lipinski definition) is 5. The highest BCUT2D eigenvalue weighted by Crippen LogP contribution is 1.90. The zero-order valence-corrected chi connectivity index (χ0v) is 18.6. The molecule has 0 saturated heterocycles. The Hall–Kier alpha value is -0.200. The Bertz CT molecular complexity index is 227. The van der Waals surface area contributed by atoms with Crippen LogP contribution in [0.2, 0.25) is 0 Å². The number of unbranched alkanes of at least 4 members (excludes halogenated alkanes) is 5. The molecule has 0 aromatic heterocycles. The largest absolute Gasteiger partial charge is 0.317 e. The predicted molar refractivity (Wildman–Crippen MR) is 122 cm³/mol. The second kappa shape index (κ2) is 25.8. The lowest BCUT2D eigenvalue weighted by Crippen LogP contribution is -2.23. The summed E-state index contributed by atoms with van der Waals surface area (Å²) in [5, 5.41) is 17.6. The first-order valence-electron chi connectivity index (χ1n) is 11.9. The van der Waals surface area contributed by atoms with E-state index >= 15 is 0 Å². The van der Waals surface area contributed by atoms with Crippen molar-refractivity contribution in [2.75, 3.05) is 65.4 Å². The third kappa shape index (κ3) is 25.8. The molecular weight excluding hydrogens is 334 g/mol. The van der Waals surface area contributed by atoms with Gasteiger partial charge in [0.15, 0.2) is 0 Å². The van der Waals surface area contributed by atoms with Crippen LogP contribution in [0.25, 0.3) is 0 Å². The number of nitrogens with one attached hydrogen (secondary N) is 5. The molecule has 0 aliphatic heterocycles. The van der Waals surface area contributed by atoms with Crippen molar-refractivity contribution in [1.29, 1.82) is 0 Å². The zero-order chi connectivity index (χ0) is 19.7. The quantitative estimate of drug-likeness (QED) is 0.165. The van der Waals surface area contributed by atoms with E-state index in [1.807, 2.05) is 0 Å². The van der Waals surface area contributed by atoms with Crippen molar-refractivity contribution in [2.45, 2.75) is 78.1 Å². The van der Waals surface area contributed by atoms with E-state index in [-0.39, 0.29) is 0 Å². The molecule has 0 spiro atoms. The molecule has 27 heavy (non-hydrogen) atoms. The first-order chi connectivity index (χ1) is 13.4. The van der Waals surface area contributed by atoms with E-state index < -0.39 is 0 Å². The minimum atomic E-state index is 1.09. The van der Waals surface area contributed by atoms with Gasteiger partial charge in [0.1, 0.15) is 0 Å². The Kier molecular flexibility index (Phi) is 25.6. The van der Waals surface area contributed by atoms with Crippen LogP contribution in [0.1, 0.15) is 78.1 Å². The minimum Gasteiger partial charge on any atom is -0.317 e. The lowest BCUT2D eigenvalue weighted by molar-refractivity contribution is 0.535. The van der Waals surface area contributed by atoms with Gasteiger partial charge < -0.3 is 26.6 Å². The summed E-state index contributed by atoms with van der Waals surface area (Å²) in [7, 11) is 0. The molecule has 0 bridgehead atoms. The molecule has 0 amide bonds. The van der Waals surface area contributed by atoms with Gasteiger partial charge in [-0.2, -0.15) is 0 Å². The van der Waals surface area contributed by atoms with Crippen molar-refractivity contribution < 1.29 is 0 Å². The molecule has 0 fully saturated rings. The molecular formula is C22H51N5. The smallest absolute Gasteiger partial charge is 0.00484 e. The highest BCUT2D eigenvalue weighted by Gasteiger charge is 1.93. The van der Waals surface area contributed by atoms with E-state index in [0.717, 1.165) is 13.1 Å². The van der Waals surface area contributed by atoms with E-state index in [2.05, 4.69) is 40.4 Å². The van der Waals surface area contributed by atoms with Crippen LogP contribution in [0.5, 0.6) is 0 Å². The summed E-state index contributed by atoms with van der Waals surface area (Å²) in [6, 6.07) is 0. The summed E-state index contributed by atoms with van der Waals surface area (Å²) in [6.45, 7) is 16.0. The molecule has 0 atom stereocenters. The van der Waals surface area contributed by atoms with Gasteiger partial charge in [0, 0.05) is 0 Å². The maximum atomic E-state index is 3.57. The van der Waals surface area contributed by atoms with Crippen molar-refractivity contribution in [2.24, 2.45) is 0 Å². The van der Waals surface area contributed by atoms with Gasteiger partial charge >= 0.3 is 0 Å². The van der Waals surface area contributed by atoms with Gasteiger partial charge in [-0.1, -0.05) is 20.3 Å². The normalized spacial score (nSPS) is 11.3. The molecule has 5 nitrogen and oxygen atoms in total. The van der Waals surface area contributed by atoms with Crippen LogP contribution in [0.3, 0.4) is 0 Å². The zero-order valence-electron chi connectivity index (χ0n) is 18.6. The SMILES string of the molecule is CCCCNCCCCNCCCCNCCCCNCCCCNCC. The van der Waals surface area contributed by atoms with Crippen LogP contribution in [-0.2, 0) is 0 Å². The average Bonchev–Trinajstić information content (AvgIpc) is 2.68. The first kappa shape index (κ1) is 26.8. The predicted octanol–water partition coefficient (Wildman–Crippen LogP) is 2.88. The second-order valence-corrected chi connectivity index (χ2v) is 7.54. The Morgan fingerprint density at radius 2 is 0.593 bits per heavy atom. The highest BCUT2D eigenvalue weighted by molar-refractivity contribution is 4.56. The summed E-state index contributed by atoms with van der Waals surface area (Å²) in [4.78, 5) is 0. The summed E-state index contributed by atoms with van der Waals surface area (Å²) in [5.41, 5.74) is 0. The third-order valence-electron chi connectivity index (χ3n) is 4.79. The van der Waals surface area contributed by atoms with E-state index in [9.17, 15) is 0 Å². The van der Waals surface area contributed by atoms with Crippen molar-refractivity contribution >= 4 is 0 Å². The van der Waals surface area contributed by atoms with Gasteiger partial charge in [0.25, 0.3) is 0 Å². The topological polar surface area (TPSA) is 60.1 Å². The van der Waals surface area contributed by atoms with Crippen LogP contribution in [0, 0.1) is 0 Å². The van der Waals surface area contributed by atoms with Gasteiger partial charge in [-0.3, -0.25) is 0 Å². The average molecular weight is 386 g/mol. The minimum absolute atomic E-state index is 1.09. The molecule has 5 N–H and O–H groups in total. The Morgan fingerprint density at radius 1 is 0.333 bits per heavy atom. The maximum Gasteiger partial charge on any atom is -0.00484 e. The maximum absolute atomic E-state index is 3.57. The summed E-state index contributed by atoms with van der Waals surface area (Å²) in [6.07, 6.45) is 12.9. The van der Waals surface area contributed by atoms with E-state index in [0.29, 0.717) is 0 Å². The Morgan fingerprint density at radius 3 is 0.852 bits per heavy atom. The number of rotatable bonds is 24. The Balaban J connectivity index is 2.95. The molecule has 0 aliphatic rings. The van der Waals surface area contributed by atoms with Crippen molar-refractivity contribution in [3.05, 3.63) is 0 Å². The number of hydrogen-bond donors (Lipinski definition) is 5. The lowest BCUT2D eigenvalue weighted by Gasteiger charge is -2.07. The van der Waals surface area contributed by atoms with Gasteiger partial charge in [-0.15, -0.1) is 0 Å². The van der Waals surface area contributed by atoms with Gasteiger partial charge in [-0.05, 0) is 123 Å². The summed E-state index contributed by atoms with van der Waals surface area (Å²) >= 11 is 0. The van der Waals surface area contributed by atoms with Gasteiger partial charge in [-0.25, -0.2) is 0 Å². The molecule has 0 rings (SSSR count). The summed E-state index contributed by atoms with van der Waals surface area (Å²) in [5.74, 6) is 0. The molecule has 164 valence electrons. The molecule has 0 saturated carbocycles. The lowest BCUT2D eigenvalue weighted by atomic mass is 10.2.